The molecule has 0 spiro atoms. The first-order valence-corrected chi connectivity index (χ1v) is 7.45. The van der Waals surface area contributed by atoms with Crippen molar-refractivity contribution in [3.05, 3.63) is 18.2 Å². The summed E-state index contributed by atoms with van der Waals surface area (Å²) in [5.74, 6) is 2.46. The molecule has 106 valence electrons. The van der Waals surface area contributed by atoms with E-state index in [0.29, 0.717) is 6.61 Å². The smallest absolute Gasteiger partial charge is 0.144 e. The number of rotatable bonds is 6. The van der Waals surface area contributed by atoms with E-state index in [-0.39, 0.29) is 0 Å². The summed E-state index contributed by atoms with van der Waals surface area (Å²) < 4.78 is 5.65. The molecule has 0 aromatic heterocycles. The Hall–Kier alpha value is -1.38. The van der Waals surface area contributed by atoms with Crippen molar-refractivity contribution in [2.24, 2.45) is 11.8 Å². The number of nitrogens with one attached hydrogen (secondary N) is 1. The summed E-state index contributed by atoms with van der Waals surface area (Å²) in [6.45, 7) is 6.17. The molecule has 2 atom stereocenters. The van der Waals surface area contributed by atoms with Gasteiger partial charge in [-0.15, -0.1) is 0 Å². The van der Waals surface area contributed by atoms with E-state index in [1.54, 1.807) is 0 Å². The number of benzene rings is 1. The number of nitrogen functional groups attached to an aromatic ring is 1. The molecule has 19 heavy (non-hydrogen) atoms. The van der Waals surface area contributed by atoms with Gasteiger partial charge in [0.25, 0.3) is 0 Å². The Bertz CT molecular complexity index is 406. The van der Waals surface area contributed by atoms with Gasteiger partial charge < -0.3 is 15.8 Å². The van der Waals surface area contributed by atoms with E-state index in [1.807, 2.05) is 18.2 Å². The van der Waals surface area contributed by atoms with Crippen LogP contribution in [0.15, 0.2) is 18.2 Å². The summed E-state index contributed by atoms with van der Waals surface area (Å²) in [6, 6.07) is 5.97. The van der Waals surface area contributed by atoms with Crippen molar-refractivity contribution in [1.82, 2.24) is 0 Å². The molecule has 1 aromatic rings. The molecule has 3 nitrogen and oxygen atoms in total. The Balaban J connectivity index is 1.92. The molecule has 3 N–H and O–H groups in total. The van der Waals surface area contributed by atoms with Gasteiger partial charge in [-0.3, -0.25) is 0 Å². The molecule has 3 heteroatoms. The average Bonchev–Trinajstić information content (AvgIpc) is 2.82. The van der Waals surface area contributed by atoms with Gasteiger partial charge in [0.2, 0.25) is 0 Å². The molecule has 0 radical (unpaired) electrons. The van der Waals surface area contributed by atoms with Crippen LogP contribution in [0.4, 0.5) is 11.4 Å². The maximum Gasteiger partial charge on any atom is 0.144 e. The first-order chi connectivity index (χ1) is 9.20. The van der Waals surface area contributed by atoms with Gasteiger partial charge in [-0.05, 0) is 43.2 Å². The van der Waals surface area contributed by atoms with Gasteiger partial charge in [-0.2, -0.15) is 0 Å². The number of hydrogen-bond acceptors (Lipinski definition) is 3. The zero-order valence-electron chi connectivity index (χ0n) is 12.1. The molecule has 0 bridgehead atoms. The van der Waals surface area contributed by atoms with Gasteiger partial charge in [0.05, 0.1) is 18.0 Å². The third kappa shape index (κ3) is 3.79. The Kier molecular flexibility index (Phi) is 4.94. The molecule has 1 saturated carbocycles. The van der Waals surface area contributed by atoms with Gasteiger partial charge in [0, 0.05) is 6.54 Å². The number of para-hydroxylation sites is 1. The topological polar surface area (TPSA) is 47.3 Å². The Morgan fingerprint density at radius 3 is 2.89 bits per heavy atom. The summed E-state index contributed by atoms with van der Waals surface area (Å²) in [4.78, 5) is 0. The van der Waals surface area contributed by atoms with E-state index in [4.69, 9.17) is 10.5 Å². The third-order valence-corrected chi connectivity index (χ3v) is 3.91. The minimum atomic E-state index is 0.716. The summed E-state index contributed by atoms with van der Waals surface area (Å²) in [6.07, 6.45) is 5.03. The average molecular weight is 262 g/mol. The van der Waals surface area contributed by atoms with Gasteiger partial charge in [0.1, 0.15) is 5.75 Å². The fraction of sp³-hybridized carbons (Fsp3) is 0.625. The number of nitrogens with two attached hydrogens (primary N) is 1. The van der Waals surface area contributed by atoms with Crippen molar-refractivity contribution < 1.29 is 4.74 Å². The van der Waals surface area contributed by atoms with Gasteiger partial charge in [-0.1, -0.05) is 26.3 Å². The zero-order valence-corrected chi connectivity index (χ0v) is 12.1. The monoisotopic (exact) mass is 262 g/mol. The van der Waals surface area contributed by atoms with E-state index < -0.39 is 0 Å². The highest BCUT2D eigenvalue weighted by atomic mass is 16.5. The predicted molar refractivity (Wildman–Crippen MR) is 81.6 cm³/mol. The summed E-state index contributed by atoms with van der Waals surface area (Å²) in [5, 5.41) is 3.49. The van der Waals surface area contributed by atoms with Crippen LogP contribution in [0.25, 0.3) is 0 Å². The standard InChI is InChI=1S/C16H26N2O/c1-3-9-19-15-6-4-5-14(16(15)17)18-11-13-8-7-12(2)10-13/h4-6,12-13,18H,3,7-11,17H2,1-2H3. The van der Waals surface area contributed by atoms with Crippen LogP contribution in [-0.4, -0.2) is 13.2 Å². The summed E-state index contributed by atoms with van der Waals surface area (Å²) in [5.41, 5.74) is 7.89. The molecule has 1 aliphatic carbocycles. The lowest BCUT2D eigenvalue weighted by molar-refractivity contribution is 0.319. The fourth-order valence-electron chi connectivity index (χ4n) is 2.80. The molecule has 1 aliphatic rings. The van der Waals surface area contributed by atoms with Gasteiger partial charge >= 0.3 is 0 Å². The molecule has 0 saturated heterocycles. The highest BCUT2D eigenvalue weighted by Crippen LogP contribution is 2.33. The predicted octanol–water partition coefficient (Wildman–Crippen LogP) is 3.91. The van der Waals surface area contributed by atoms with Crippen LogP contribution in [0.5, 0.6) is 5.75 Å². The van der Waals surface area contributed by atoms with Crippen LogP contribution in [-0.2, 0) is 0 Å². The van der Waals surface area contributed by atoms with E-state index in [0.717, 1.165) is 41.9 Å². The minimum Gasteiger partial charge on any atom is -0.491 e. The summed E-state index contributed by atoms with van der Waals surface area (Å²) >= 11 is 0. The van der Waals surface area contributed by atoms with Crippen molar-refractivity contribution in [3.63, 3.8) is 0 Å². The molecule has 0 heterocycles. The number of ether oxygens (including phenoxy) is 1. The van der Waals surface area contributed by atoms with Crippen LogP contribution >= 0.6 is 0 Å². The molecule has 1 fully saturated rings. The lowest BCUT2D eigenvalue weighted by Gasteiger charge is -2.16. The van der Waals surface area contributed by atoms with E-state index in [9.17, 15) is 0 Å². The first kappa shape index (κ1) is 14.0. The molecule has 0 aliphatic heterocycles. The number of anilines is 2. The second-order valence-corrected chi connectivity index (χ2v) is 5.73. The Morgan fingerprint density at radius 2 is 2.21 bits per heavy atom. The lowest BCUT2D eigenvalue weighted by Crippen LogP contribution is -2.13. The fourth-order valence-corrected chi connectivity index (χ4v) is 2.80. The van der Waals surface area contributed by atoms with E-state index >= 15 is 0 Å². The van der Waals surface area contributed by atoms with E-state index in [2.05, 4.69) is 19.2 Å². The van der Waals surface area contributed by atoms with Gasteiger partial charge in [-0.25, -0.2) is 0 Å². The molecule has 2 rings (SSSR count). The second-order valence-electron chi connectivity index (χ2n) is 5.73. The highest BCUT2D eigenvalue weighted by Gasteiger charge is 2.21. The van der Waals surface area contributed by atoms with Crippen molar-refractivity contribution in [3.8, 4) is 5.75 Å². The maximum atomic E-state index is 6.15. The van der Waals surface area contributed by atoms with Crippen molar-refractivity contribution in [2.45, 2.75) is 39.5 Å². The SMILES string of the molecule is CCCOc1cccc(NCC2CCC(C)C2)c1N. The van der Waals surface area contributed by atoms with Crippen LogP contribution in [0, 0.1) is 11.8 Å². The summed E-state index contributed by atoms with van der Waals surface area (Å²) in [7, 11) is 0. The zero-order chi connectivity index (χ0) is 13.7. The minimum absolute atomic E-state index is 0.716. The molecule has 1 aromatic carbocycles. The molecule has 0 amide bonds. The third-order valence-electron chi connectivity index (χ3n) is 3.91. The van der Waals surface area contributed by atoms with Crippen LogP contribution in [0.2, 0.25) is 0 Å². The molecular formula is C16H26N2O. The normalized spacial score (nSPS) is 22.4. The molecular weight excluding hydrogens is 236 g/mol. The van der Waals surface area contributed by atoms with Crippen LogP contribution in [0.3, 0.4) is 0 Å². The van der Waals surface area contributed by atoms with Crippen molar-refractivity contribution in [2.75, 3.05) is 24.2 Å². The quantitative estimate of drug-likeness (QED) is 0.764. The van der Waals surface area contributed by atoms with E-state index in [1.165, 1.54) is 19.3 Å². The van der Waals surface area contributed by atoms with Crippen molar-refractivity contribution >= 4 is 11.4 Å². The largest absolute Gasteiger partial charge is 0.491 e. The first-order valence-electron chi connectivity index (χ1n) is 7.45. The van der Waals surface area contributed by atoms with Gasteiger partial charge in [0.15, 0.2) is 0 Å². The Labute approximate surface area is 116 Å². The highest BCUT2D eigenvalue weighted by molar-refractivity contribution is 5.72. The maximum absolute atomic E-state index is 6.15. The lowest BCUT2D eigenvalue weighted by atomic mass is 10.1. The number of hydrogen-bond donors (Lipinski definition) is 2. The van der Waals surface area contributed by atoms with Crippen LogP contribution in [0.1, 0.15) is 39.5 Å². The van der Waals surface area contributed by atoms with Crippen LogP contribution < -0.4 is 15.8 Å². The van der Waals surface area contributed by atoms with Crippen molar-refractivity contribution in [1.29, 1.82) is 0 Å². The second kappa shape index (κ2) is 6.69. The molecule has 2 unspecified atom stereocenters. The Morgan fingerprint density at radius 1 is 1.37 bits per heavy atom.